The molecule has 0 bridgehead atoms. The molecule has 1 aliphatic rings. The van der Waals surface area contributed by atoms with Crippen molar-refractivity contribution in [1.29, 1.82) is 0 Å². The first-order valence-electron chi connectivity index (χ1n) is 7.92. The van der Waals surface area contributed by atoms with E-state index in [0.717, 1.165) is 36.2 Å². The molecular formula is C16H28N4. The van der Waals surface area contributed by atoms with Crippen molar-refractivity contribution in [3.8, 4) is 0 Å². The molecule has 1 fully saturated rings. The lowest BCUT2D eigenvalue weighted by atomic mass is 9.87. The minimum absolute atomic E-state index is 0.624. The van der Waals surface area contributed by atoms with Gasteiger partial charge in [0.05, 0.1) is 0 Å². The van der Waals surface area contributed by atoms with E-state index in [-0.39, 0.29) is 0 Å². The summed E-state index contributed by atoms with van der Waals surface area (Å²) in [6.45, 7) is 7.53. The van der Waals surface area contributed by atoms with E-state index >= 15 is 0 Å². The lowest BCUT2D eigenvalue weighted by Gasteiger charge is -2.35. The minimum atomic E-state index is 0.624. The molecule has 4 nitrogen and oxygen atoms in total. The predicted octanol–water partition coefficient (Wildman–Crippen LogP) is 3.62. The summed E-state index contributed by atoms with van der Waals surface area (Å²) in [5.74, 6) is 2.72. The van der Waals surface area contributed by atoms with Crippen molar-refractivity contribution in [2.24, 2.45) is 5.92 Å². The largest absolute Gasteiger partial charge is 0.356 e. The molecule has 0 spiro atoms. The minimum Gasteiger partial charge on any atom is -0.356 e. The predicted molar refractivity (Wildman–Crippen MR) is 85.4 cm³/mol. The van der Waals surface area contributed by atoms with Gasteiger partial charge in [0.2, 0.25) is 5.95 Å². The molecule has 0 atom stereocenters. The van der Waals surface area contributed by atoms with E-state index in [1.54, 1.807) is 0 Å². The van der Waals surface area contributed by atoms with Gasteiger partial charge in [0.25, 0.3) is 0 Å². The molecule has 1 N–H and O–H groups in total. The van der Waals surface area contributed by atoms with Crippen LogP contribution in [0.5, 0.6) is 0 Å². The molecule has 1 aromatic rings. The van der Waals surface area contributed by atoms with E-state index in [9.17, 15) is 0 Å². The molecule has 1 saturated carbocycles. The van der Waals surface area contributed by atoms with Crippen LogP contribution in [0.3, 0.4) is 0 Å². The molecule has 2 rings (SSSR count). The summed E-state index contributed by atoms with van der Waals surface area (Å²) < 4.78 is 0. The summed E-state index contributed by atoms with van der Waals surface area (Å²) in [7, 11) is 2.18. The highest BCUT2D eigenvalue weighted by Gasteiger charge is 2.23. The van der Waals surface area contributed by atoms with Crippen molar-refractivity contribution < 1.29 is 0 Å². The number of hydrogen-bond acceptors (Lipinski definition) is 4. The number of nitrogens with one attached hydrogen (secondary N) is 1. The van der Waals surface area contributed by atoms with Crippen LogP contribution in [0.2, 0.25) is 0 Å². The van der Waals surface area contributed by atoms with E-state index in [1.807, 2.05) is 6.20 Å². The Labute approximate surface area is 123 Å². The molecule has 4 heteroatoms. The maximum atomic E-state index is 4.71. The lowest BCUT2D eigenvalue weighted by molar-refractivity contribution is 0.340. The average Bonchev–Trinajstić information content (AvgIpc) is 2.46. The highest BCUT2D eigenvalue weighted by atomic mass is 15.2. The Bertz CT molecular complexity index is 424. The summed E-state index contributed by atoms with van der Waals surface area (Å²) in [5.41, 5.74) is 1.16. The Kier molecular flexibility index (Phi) is 5.21. The maximum Gasteiger partial charge on any atom is 0.224 e. The third-order valence-electron chi connectivity index (χ3n) is 4.35. The van der Waals surface area contributed by atoms with Crippen molar-refractivity contribution in [3.63, 3.8) is 0 Å². The topological polar surface area (TPSA) is 41.1 Å². The van der Waals surface area contributed by atoms with Gasteiger partial charge in [-0.25, -0.2) is 4.98 Å². The van der Waals surface area contributed by atoms with Gasteiger partial charge in [0, 0.05) is 31.4 Å². The van der Waals surface area contributed by atoms with E-state index in [1.165, 1.54) is 25.7 Å². The zero-order valence-corrected chi connectivity index (χ0v) is 13.3. The molecule has 0 aliphatic heterocycles. The van der Waals surface area contributed by atoms with Crippen LogP contribution >= 0.6 is 0 Å². The zero-order chi connectivity index (χ0) is 14.5. The highest BCUT2D eigenvalue weighted by molar-refractivity contribution is 5.49. The number of aromatic nitrogens is 2. The van der Waals surface area contributed by atoms with Gasteiger partial charge in [-0.2, -0.15) is 4.98 Å². The molecule has 1 heterocycles. The molecule has 20 heavy (non-hydrogen) atoms. The van der Waals surface area contributed by atoms with Crippen molar-refractivity contribution in [1.82, 2.24) is 9.97 Å². The standard InChI is InChI=1S/C16H28N4/c1-5-10-17-16-18-11-13(3)15(19-16)20(4)14-8-6-12(2)7-9-14/h11-12,14H,5-10H2,1-4H3,(H,17,18,19). The molecule has 1 aromatic heterocycles. The van der Waals surface area contributed by atoms with Crippen molar-refractivity contribution in [2.75, 3.05) is 23.8 Å². The first kappa shape index (κ1) is 15.1. The van der Waals surface area contributed by atoms with Gasteiger partial charge >= 0.3 is 0 Å². The van der Waals surface area contributed by atoms with Gasteiger partial charge in [-0.15, -0.1) is 0 Å². The van der Waals surface area contributed by atoms with Gasteiger partial charge in [0.15, 0.2) is 0 Å². The Morgan fingerprint density at radius 2 is 2.00 bits per heavy atom. The van der Waals surface area contributed by atoms with Gasteiger partial charge in [-0.05, 0) is 44.9 Å². The fraction of sp³-hybridized carbons (Fsp3) is 0.750. The van der Waals surface area contributed by atoms with Crippen LogP contribution in [0, 0.1) is 12.8 Å². The number of rotatable bonds is 5. The van der Waals surface area contributed by atoms with Gasteiger partial charge in [-0.1, -0.05) is 13.8 Å². The molecule has 1 aliphatic carbocycles. The normalized spacial score (nSPS) is 22.6. The van der Waals surface area contributed by atoms with Crippen LogP contribution in [0.15, 0.2) is 6.20 Å². The van der Waals surface area contributed by atoms with E-state index in [0.29, 0.717) is 6.04 Å². The maximum absolute atomic E-state index is 4.71. The van der Waals surface area contributed by atoms with E-state index in [2.05, 4.69) is 43.0 Å². The van der Waals surface area contributed by atoms with Crippen LogP contribution < -0.4 is 10.2 Å². The first-order valence-corrected chi connectivity index (χ1v) is 7.92. The fourth-order valence-corrected chi connectivity index (χ4v) is 2.91. The fourth-order valence-electron chi connectivity index (χ4n) is 2.91. The molecule has 0 aromatic carbocycles. The van der Waals surface area contributed by atoms with Gasteiger partial charge < -0.3 is 10.2 Å². The first-order chi connectivity index (χ1) is 9.61. The second-order valence-corrected chi connectivity index (χ2v) is 6.15. The summed E-state index contributed by atoms with van der Waals surface area (Å²) >= 11 is 0. The summed E-state index contributed by atoms with van der Waals surface area (Å²) in [6.07, 6.45) is 8.24. The third kappa shape index (κ3) is 3.62. The number of hydrogen-bond donors (Lipinski definition) is 1. The monoisotopic (exact) mass is 276 g/mol. The SMILES string of the molecule is CCCNc1ncc(C)c(N(C)C2CCC(C)CC2)n1. The molecular weight excluding hydrogens is 248 g/mol. The van der Waals surface area contributed by atoms with Gasteiger partial charge in [0.1, 0.15) is 5.82 Å². The Balaban J connectivity index is 2.09. The van der Waals surface area contributed by atoms with Crippen molar-refractivity contribution in [2.45, 2.75) is 58.9 Å². The average molecular weight is 276 g/mol. The van der Waals surface area contributed by atoms with E-state index < -0.39 is 0 Å². The number of nitrogens with zero attached hydrogens (tertiary/aromatic N) is 3. The molecule has 0 saturated heterocycles. The Morgan fingerprint density at radius 1 is 1.30 bits per heavy atom. The zero-order valence-electron chi connectivity index (χ0n) is 13.3. The molecule has 112 valence electrons. The highest BCUT2D eigenvalue weighted by Crippen LogP contribution is 2.29. The second kappa shape index (κ2) is 6.91. The number of anilines is 2. The molecule has 0 radical (unpaired) electrons. The van der Waals surface area contributed by atoms with Crippen LogP contribution in [-0.4, -0.2) is 29.6 Å². The van der Waals surface area contributed by atoms with Crippen LogP contribution in [0.4, 0.5) is 11.8 Å². The molecule has 0 unspecified atom stereocenters. The smallest absolute Gasteiger partial charge is 0.224 e. The second-order valence-electron chi connectivity index (χ2n) is 6.15. The number of aryl methyl sites for hydroxylation is 1. The summed E-state index contributed by atoms with van der Waals surface area (Å²) in [4.78, 5) is 11.4. The van der Waals surface area contributed by atoms with Crippen molar-refractivity contribution >= 4 is 11.8 Å². The van der Waals surface area contributed by atoms with Crippen molar-refractivity contribution in [3.05, 3.63) is 11.8 Å². The van der Waals surface area contributed by atoms with Gasteiger partial charge in [-0.3, -0.25) is 0 Å². The van der Waals surface area contributed by atoms with Crippen LogP contribution in [-0.2, 0) is 0 Å². The Morgan fingerprint density at radius 3 is 2.65 bits per heavy atom. The third-order valence-corrected chi connectivity index (χ3v) is 4.35. The van der Waals surface area contributed by atoms with Crippen LogP contribution in [0.1, 0.15) is 51.5 Å². The molecule has 0 amide bonds. The lowest BCUT2D eigenvalue weighted by Crippen LogP contribution is -2.36. The summed E-state index contributed by atoms with van der Waals surface area (Å²) in [5, 5.41) is 3.28. The van der Waals surface area contributed by atoms with Crippen LogP contribution in [0.25, 0.3) is 0 Å². The Hall–Kier alpha value is -1.32. The quantitative estimate of drug-likeness (QED) is 0.891. The summed E-state index contributed by atoms with van der Waals surface area (Å²) in [6, 6.07) is 0.624. The van der Waals surface area contributed by atoms with E-state index in [4.69, 9.17) is 4.98 Å².